The summed E-state index contributed by atoms with van der Waals surface area (Å²) in [5.41, 5.74) is 0.920. The van der Waals surface area contributed by atoms with Crippen LogP contribution in [-0.4, -0.2) is 34.6 Å². The van der Waals surface area contributed by atoms with E-state index in [1.54, 1.807) is 5.38 Å². The van der Waals surface area contributed by atoms with Gasteiger partial charge in [0.15, 0.2) is 0 Å². The summed E-state index contributed by atoms with van der Waals surface area (Å²) in [4.78, 5) is 50.8. The normalized spacial score (nSPS) is 25.2. The highest BCUT2D eigenvalue weighted by Crippen LogP contribution is 2.43. The second-order valence-electron chi connectivity index (χ2n) is 6.32. The molecular formula is C16H16N2O4S. The molecule has 1 aromatic heterocycles. The topological polar surface area (TPSA) is 83.6 Å². The Labute approximate surface area is 136 Å². The van der Waals surface area contributed by atoms with Crippen LogP contribution in [0.15, 0.2) is 5.38 Å². The molecule has 0 spiro atoms. The molecular weight excluding hydrogens is 316 g/mol. The molecule has 4 amide bonds. The van der Waals surface area contributed by atoms with Crippen LogP contribution in [0.25, 0.3) is 0 Å². The molecule has 1 saturated carbocycles. The predicted molar refractivity (Wildman–Crippen MR) is 82.2 cm³/mol. The first-order valence-electron chi connectivity index (χ1n) is 7.91. The summed E-state index contributed by atoms with van der Waals surface area (Å²) in [6, 6.07) is -0.874. The van der Waals surface area contributed by atoms with Crippen molar-refractivity contribution in [3.63, 3.8) is 0 Å². The number of carbonyl (C=O) groups excluding carboxylic acids is 4. The van der Waals surface area contributed by atoms with Crippen molar-refractivity contribution in [2.45, 2.75) is 50.5 Å². The van der Waals surface area contributed by atoms with Crippen molar-refractivity contribution < 1.29 is 19.2 Å². The maximum absolute atomic E-state index is 12.8. The van der Waals surface area contributed by atoms with Crippen molar-refractivity contribution >= 4 is 35.0 Å². The first-order valence-corrected chi connectivity index (χ1v) is 8.79. The molecule has 23 heavy (non-hydrogen) atoms. The Kier molecular flexibility index (Phi) is 3.33. The Morgan fingerprint density at radius 3 is 2.48 bits per heavy atom. The van der Waals surface area contributed by atoms with Gasteiger partial charge < -0.3 is 0 Å². The number of carbonyl (C=O) groups is 4. The van der Waals surface area contributed by atoms with E-state index in [9.17, 15) is 19.2 Å². The molecule has 1 atom stereocenters. The third-order valence-corrected chi connectivity index (χ3v) is 6.09. The largest absolute Gasteiger partial charge is 0.295 e. The molecule has 2 fully saturated rings. The molecule has 1 N–H and O–H groups in total. The summed E-state index contributed by atoms with van der Waals surface area (Å²) in [5.74, 6) is -1.34. The van der Waals surface area contributed by atoms with Gasteiger partial charge in [-0.15, -0.1) is 11.3 Å². The summed E-state index contributed by atoms with van der Waals surface area (Å²) >= 11 is 1.48. The first kappa shape index (κ1) is 14.6. The molecule has 3 aliphatic rings. The van der Waals surface area contributed by atoms with Crippen LogP contribution in [0.1, 0.15) is 70.0 Å². The number of piperidine rings is 1. The fourth-order valence-corrected chi connectivity index (χ4v) is 5.00. The minimum absolute atomic E-state index is 0.149. The highest BCUT2D eigenvalue weighted by atomic mass is 32.1. The smallest absolute Gasteiger partial charge is 0.263 e. The Balaban J connectivity index is 1.67. The van der Waals surface area contributed by atoms with Crippen molar-refractivity contribution in [3.8, 4) is 0 Å². The van der Waals surface area contributed by atoms with Gasteiger partial charge in [-0.2, -0.15) is 0 Å². The zero-order valence-electron chi connectivity index (χ0n) is 12.5. The number of hydrogen-bond donors (Lipinski definition) is 1. The summed E-state index contributed by atoms with van der Waals surface area (Å²) in [6.07, 6.45) is 4.75. The van der Waals surface area contributed by atoms with Crippen LogP contribution in [0.2, 0.25) is 0 Å². The minimum atomic E-state index is -0.874. The number of nitrogens with zero attached hydrogens (tertiary/aromatic N) is 1. The SMILES string of the molecule is O=C1CCC(N2C(=O)c3csc(C4CCCC4)c3C2=O)C(=O)N1. The third kappa shape index (κ3) is 2.14. The Morgan fingerprint density at radius 1 is 1.04 bits per heavy atom. The average Bonchev–Trinajstić information content (AvgIpc) is 3.20. The van der Waals surface area contributed by atoms with Crippen LogP contribution in [0, 0.1) is 0 Å². The molecule has 7 heteroatoms. The zero-order chi connectivity index (χ0) is 16.1. The third-order valence-electron chi connectivity index (χ3n) is 4.95. The molecule has 0 radical (unpaired) electrons. The minimum Gasteiger partial charge on any atom is -0.295 e. The number of rotatable bonds is 2. The molecule has 2 aliphatic heterocycles. The number of fused-ring (bicyclic) bond motifs is 1. The van der Waals surface area contributed by atoms with Crippen molar-refractivity contribution in [2.24, 2.45) is 0 Å². The van der Waals surface area contributed by atoms with E-state index >= 15 is 0 Å². The molecule has 1 aromatic rings. The van der Waals surface area contributed by atoms with E-state index in [0.717, 1.165) is 35.5 Å². The molecule has 1 aliphatic carbocycles. The molecule has 0 bridgehead atoms. The fraction of sp³-hybridized carbons (Fsp3) is 0.500. The zero-order valence-corrected chi connectivity index (χ0v) is 13.3. The van der Waals surface area contributed by atoms with Gasteiger partial charge in [0.1, 0.15) is 6.04 Å². The van der Waals surface area contributed by atoms with Crippen LogP contribution in [0.5, 0.6) is 0 Å². The molecule has 3 heterocycles. The van der Waals surface area contributed by atoms with E-state index in [1.807, 2.05) is 0 Å². The fourth-order valence-electron chi connectivity index (χ4n) is 3.79. The number of hydrogen-bond acceptors (Lipinski definition) is 5. The van der Waals surface area contributed by atoms with E-state index in [1.165, 1.54) is 11.3 Å². The molecule has 1 saturated heterocycles. The summed E-state index contributed by atoms with van der Waals surface area (Å²) in [6.45, 7) is 0. The second-order valence-corrected chi connectivity index (χ2v) is 7.23. The lowest BCUT2D eigenvalue weighted by molar-refractivity contribution is -0.136. The number of nitrogens with one attached hydrogen (secondary N) is 1. The van der Waals surface area contributed by atoms with Crippen molar-refractivity contribution in [3.05, 3.63) is 21.4 Å². The molecule has 120 valence electrons. The molecule has 0 aromatic carbocycles. The summed E-state index contributed by atoms with van der Waals surface area (Å²) < 4.78 is 0. The molecule has 1 unspecified atom stereocenters. The van der Waals surface area contributed by atoms with Gasteiger partial charge in [0.25, 0.3) is 11.8 Å². The van der Waals surface area contributed by atoms with Crippen LogP contribution in [0.4, 0.5) is 0 Å². The van der Waals surface area contributed by atoms with Gasteiger partial charge in [-0.1, -0.05) is 12.8 Å². The van der Waals surface area contributed by atoms with Gasteiger partial charge in [-0.25, -0.2) is 0 Å². The summed E-state index contributed by atoms with van der Waals surface area (Å²) in [7, 11) is 0. The summed E-state index contributed by atoms with van der Waals surface area (Å²) in [5, 5.41) is 3.96. The standard InChI is InChI=1S/C16H16N2O4S/c19-11-6-5-10(14(20)17-11)18-15(21)9-7-23-13(12(9)16(18)22)8-3-1-2-4-8/h7-8,10H,1-6H2,(H,17,19,20). The quantitative estimate of drug-likeness (QED) is 0.837. The van der Waals surface area contributed by atoms with Crippen molar-refractivity contribution in [1.29, 1.82) is 0 Å². The lowest BCUT2D eigenvalue weighted by Gasteiger charge is -2.28. The van der Waals surface area contributed by atoms with Crippen LogP contribution in [0.3, 0.4) is 0 Å². The van der Waals surface area contributed by atoms with Gasteiger partial charge in [-0.05, 0) is 25.2 Å². The Bertz CT molecular complexity index is 732. The monoisotopic (exact) mass is 332 g/mol. The highest BCUT2D eigenvalue weighted by molar-refractivity contribution is 7.11. The van der Waals surface area contributed by atoms with Crippen molar-refractivity contribution in [1.82, 2.24) is 10.2 Å². The Hall–Kier alpha value is -2.02. The highest BCUT2D eigenvalue weighted by Gasteiger charge is 2.47. The lowest BCUT2D eigenvalue weighted by atomic mass is 10.0. The van der Waals surface area contributed by atoms with E-state index < -0.39 is 17.9 Å². The molecule has 4 rings (SSSR count). The number of thiophene rings is 1. The maximum atomic E-state index is 12.8. The van der Waals surface area contributed by atoms with E-state index in [0.29, 0.717) is 17.0 Å². The van der Waals surface area contributed by atoms with Crippen LogP contribution >= 0.6 is 11.3 Å². The van der Waals surface area contributed by atoms with Gasteiger partial charge >= 0.3 is 0 Å². The predicted octanol–water partition coefficient (Wildman–Crippen LogP) is 1.81. The number of imide groups is 2. The van der Waals surface area contributed by atoms with Gasteiger partial charge in [0, 0.05) is 16.7 Å². The van der Waals surface area contributed by atoms with Gasteiger partial charge in [0.05, 0.1) is 11.1 Å². The maximum Gasteiger partial charge on any atom is 0.263 e. The van der Waals surface area contributed by atoms with Crippen LogP contribution < -0.4 is 5.32 Å². The van der Waals surface area contributed by atoms with Crippen molar-refractivity contribution in [2.75, 3.05) is 0 Å². The van der Waals surface area contributed by atoms with Gasteiger partial charge in [0.2, 0.25) is 11.8 Å². The first-order chi connectivity index (χ1) is 11.1. The lowest BCUT2D eigenvalue weighted by Crippen LogP contribution is -2.54. The van der Waals surface area contributed by atoms with E-state index in [2.05, 4.69) is 5.32 Å². The van der Waals surface area contributed by atoms with E-state index in [4.69, 9.17) is 0 Å². The molecule has 6 nitrogen and oxygen atoms in total. The average molecular weight is 332 g/mol. The van der Waals surface area contributed by atoms with Gasteiger partial charge in [-0.3, -0.25) is 29.4 Å². The number of amides is 4. The van der Waals surface area contributed by atoms with E-state index in [-0.39, 0.29) is 24.7 Å². The van der Waals surface area contributed by atoms with Crippen LogP contribution in [-0.2, 0) is 9.59 Å². The Morgan fingerprint density at radius 2 is 1.78 bits per heavy atom. The second kappa shape index (κ2) is 5.26.